The van der Waals surface area contributed by atoms with Gasteiger partial charge in [-0.25, -0.2) is 0 Å². The molecule has 0 saturated carbocycles. The average molecular weight is 1060 g/mol. The zero-order valence-corrected chi connectivity index (χ0v) is 48.4. The normalized spacial score (nSPS) is 16.0. The third-order valence-corrected chi connectivity index (χ3v) is 16.3. The molecule has 0 atom stereocenters. The van der Waals surface area contributed by atoms with Crippen LogP contribution in [0, 0.1) is 6.92 Å². The third kappa shape index (κ3) is 14.0. The highest BCUT2D eigenvalue weighted by atomic mass is 16.7. The van der Waals surface area contributed by atoms with E-state index in [-0.39, 0.29) is 36.6 Å². The van der Waals surface area contributed by atoms with E-state index in [4.69, 9.17) is 37.6 Å². The maximum Gasteiger partial charge on any atom is 0.494 e. The van der Waals surface area contributed by atoms with Crippen LogP contribution in [0.1, 0.15) is 112 Å². The number of rotatable bonds is 22. The maximum atomic E-state index is 6.12. The van der Waals surface area contributed by atoms with Gasteiger partial charge >= 0.3 is 14.2 Å². The molecule has 2 saturated heterocycles. The van der Waals surface area contributed by atoms with Crippen molar-refractivity contribution < 1.29 is 37.6 Å². The van der Waals surface area contributed by atoms with Crippen LogP contribution < -0.4 is 25.1 Å². The van der Waals surface area contributed by atoms with Crippen LogP contribution in [0.5, 0.6) is 17.2 Å². The number of methoxy groups -OCH3 is 1. The number of nitrogens with zero attached hydrogens (tertiary/aromatic N) is 1. The molecular weight excluding hydrogens is 980 g/mol. The summed E-state index contributed by atoms with van der Waals surface area (Å²) in [5.74, 6) is 2.67. The number of aryl methyl sites for hydroxylation is 1. The Kier molecular flexibility index (Phi) is 18.5. The first-order chi connectivity index (χ1) is 38.0. The van der Waals surface area contributed by atoms with Crippen LogP contribution in [-0.4, -0.2) is 74.7 Å². The van der Waals surface area contributed by atoms with Gasteiger partial charge in [-0.1, -0.05) is 103 Å². The molecule has 11 heteroatoms. The Hall–Kier alpha value is -6.33. The fourth-order valence-electron chi connectivity index (χ4n) is 9.96. The molecule has 2 aliphatic rings. The van der Waals surface area contributed by atoms with E-state index >= 15 is 0 Å². The minimum absolute atomic E-state index is 0.336. The van der Waals surface area contributed by atoms with Crippen molar-refractivity contribution >= 4 is 47.0 Å². The van der Waals surface area contributed by atoms with E-state index in [1.54, 1.807) is 7.11 Å². The molecule has 0 aliphatic carbocycles. The number of para-hydroxylation sites is 1. The summed E-state index contributed by atoms with van der Waals surface area (Å²) in [5, 5.41) is 2.51. The smallest absolute Gasteiger partial charge is 0.494 e. The van der Waals surface area contributed by atoms with E-state index < -0.39 is 0 Å². The van der Waals surface area contributed by atoms with E-state index in [0.717, 1.165) is 79.9 Å². The van der Waals surface area contributed by atoms with Gasteiger partial charge in [0, 0.05) is 30.2 Å². The average Bonchev–Trinajstić information content (AvgIpc) is 4.21. The number of ether oxygens (including phenoxy) is 4. The Bertz CT molecular complexity index is 3090. The Morgan fingerprint density at radius 2 is 0.722 bits per heavy atom. The van der Waals surface area contributed by atoms with E-state index in [1.165, 1.54) is 68.2 Å². The van der Waals surface area contributed by atoms with E-state index in [1.807, 2.05) is 48.5 Å². The maximum absolute atomic E-state index is 6.12. The minimum atomic E-state index is -0.343. The van der Waals surface area contributed by atoms with Gasteiger partial charge in [-0.3, -0.25) is 0 Å². The highest BCUT2D eigenvalue weighted by molar-refractivity contribution is 6.62. The van der Waals surface area contributed by atoms with Gasteiger partial charge in [0.2, 0.25) is 0 Å². The second kappa shape index (κ2) is 25.4. The molecule has 0 bridgehead atoms. The van der Waals surface area contributed by atoms with Gasteiger partial charge in [0.15, 0.2) is 0 Å². The number of benzene rings is 7. The molecule has 7 aromatic carbocycles. The second-order valence-electron chi connectivity index (χ2n) is 23.2. The van der Waals surface area contributed by atoms with Crippen LogP contribution in [0.4, 0.5) is 0 Å². The van der Waals surface area contributed by atoms with Gasteiger partial charge in [-0.2, -0.15) is 0 Å². The number of aromatic nitrogens is 1. The van der Waals surface area contributed by atoms with Crippen molar-refractivity contribution in [2.24, 2.45) is 0 Å². The largest absolute Gasteiger partial charge is 0.494 e. The topological polar surface area (TPSA) is 78.8 Å². The third-order valence-electron chi connectivity index (χ3n) is 16.3. The summed E-state index contributed by atoms with van der Waals surface area (Å²) in [5.41, 5.74) is 10.4. The standard InChI is InChI=1S/C38H37NO2.C30H44B2O6/c1-28-12-14-29(15-13-28)31-18-22-37-35(26-31)36-27-32(19-23-38(36)39(37)33-10-6-5-7-11-33)30-16-20-34(21-17-30)41-25-9-4-3-8-24-40-2;1-27(2)28(3,4)36-31(35-27)23-13-17-25(18-14-23)33-21-11-9-10-12-22-34-26-19-15-24(16-20-26)32-37-29(5,6)30(7,8)38-32/h5-7,10-23,26-27H,3-4,8-9,24-25H2,1-2H3;13-20H,9-12,21-22H2,1-8H3. The van der Waals surface area contributed by atoms with Crippen LogP contribution in [0.3, 0.4) is 0 Å². The summed E-state index contributed by atoms with van der Waals surface area (Å²) < 4.78 is 49.8. The fraction of sp³-hybridized carbons (Fsp3) is 0.382. The lowest BCUT2D eigenvalue weighted by atomic mass is 9.79. The van der Waals surface area contributed by atoms with Crippen molar-refractivity contribution in [3.8, 4) is 45.2 Å². The van der Waals surface area contributed by atoms with Crippen molar-refractivity contribution in [2.75, 3.05) is 33.5 Å². The molecule has 0 amide bonds. The highest BCUT2D eigenvalue weighted by Crippen LogP contribution is 2.40. The van der Waals surface area contributed by atoms with Crippen LogP contribution in [-0.2, 0) is 23.4 Å². The second-order valence-corrected chi connectivity index (χ2v) is 23.2. The van der Waals surface area contributed by atoms with E-state index in [9.17, 15) is 0 Å². The summed E-state index contributed by atoms with van der Waals surface area (Å²) in [6.45, 7) is 21.7. The van der Waals surface area contributed by atoms with Gasteiger partial charge in [0.1, 0.15) is 17.2 Å². The summed E-state index contributed by atoms with van der Waals surface area (Å²) >= 11 is 0. The van der Waals surface area contributed by atoms with Crippen molar-refractivity contribution in [1.29, 1.82) is 0 Å². The molecule has 2 aliphatic heterocycles. The number of unbranched alkanes of at least 4 members (excludes halogenated alkanes) is 6. The Morgan fingerprint density at radius 3 is 1.10 bits per heavy atom. The number of hydrogen-bond donors (Lipinski definition) is 0. The molecule has 9 nitrogen and oxygen atoms in total. The van der Waals surface area contributed by atoms with Gasteiger partial charge < -0.3 is 42.1 Å². The van der Waals surface area contributed by atoms with Gasteiger partial charge in [0.25, 0.3) is 0 Å². The number of fused-ring (bicyclic) bond motifs is 3. The van der Waals surface area contributed by atoms with Crippen LogP contribution in [0.2, 0.25) is 0 Å². The predicted octanol–water partition coefficient (Wildman–Crippen LogP) is 15.3. The van der Waals surface area contributed by atoms with E-state index in [0.29, 0.717) is 13.2 Å². The SMILES string of the molecule is CC1(C)OB(c2ccc(OCCCCCCOc3ccc(B4OC(C)(C)C(C)(C)O4)cc3)cc2)OC1(C)C.COCCCCCCOc1ccc(-c2ccc3c(c2)c2cc(-c4ccc(C)cc4)ccc2n3-c2ccccc2)cc1. The van der Waals surface area contributed by atoms with Crippen molar-refractivity contribution in [1.82, 2.24) is 4.57 Å². The van der Waals surface area contributed by atoms with Crippen LogP contribution in [0.25, 0.3) is 49.7 Å². The first-order valence-corrected chi connectivity index (χ1v) is 28.6. The lowest BCUT2D eigenvalue weighted by Gasteiger charge is -2.32. The van der Waals surface area contributed by atoms with Crippen molar-refractivity contribution in [2.45, 2.75) is 136 Å². The molecule has 8 aromatic rings. The monoisotopic (exact) mass is 1060 g/mol. The quantitative estimate of drug-likeness (QED) is 0.0491. The minimum Gasteiger partial charge on any atom is -0.494 e. The molecule has 0 spiro atoms. The first-order valence-electron chi connectivity index (χ1n) is 28.6. The molecule has 79 heavy (non-hydrogen) atoms. The Morgan fingerprint density at radius 1 is 0.380 bits per heavy atom. The molecule has 1 aromatic heterocycles. The lowest BCUT2D eigenvalue weighted by Crippen LogP contribution is -2.41. The lowest BCUT2D eigenvalue weighted by molar-refractivity contribution is 0.00578. The fourth-order valence-corrected chi connectivity index (χ4v) is 9.96. The number of hydrogen-bond acceptors (Lipinski definition) is 8. The summed E-state index contributed by atoms with van der Waals surface area (Å²) in [7, 11) is 1.07. The molecule has 3 heterocycles. The molecule has 2 fully saturated rings. The summed E-state index contributed by atoms with van der Waals surface area (Å²) in [6, 6.07) is 57.7. The molecule has 10 rings (SSSR count). The van der Waals surface area contributed by atoms with Crippen LogP contribution >= 0.6 is 0 Å². The van der Waals surface area contributed by atoms with Crippen molar-refractivity contribution in [3.05, 3.63) is 169 Å². The molecule has 0 unspecified atom stereocenters. The molecule has 0 N–H and O–H groups in total. The molecular formula is C68H81B2NO8. The summed E-state index contributed by atoms with van der Waals surface area (Å²) in [6.07, 6.45) is 8.79. The zero-order valence-electron chi connectivity index (χ0n) is 48.4. The molecule has 0 radical (unpaired) electrons. The molecule has 412 valence electrons. The van der Waals surface area contributed by atoms with Gasteiger partial charge in [-0.05, 0) is 213 Å². The van der Waals surface area contributed by atoms with Gasteiger partial charge in [0.05, 0.1) is 53.3 Å². The first kappa shape index (κ1) is 57.4. The Labute approximate surface area is 471 Å². The Balaban J connectivity index is 0.000000192. The summed E-state index contributed by atoms with van der Waals surface area (Å²) in [4.78, 5) is 0. The van der Waals surface area contributed by atoms with E-state index in [2.05, 4.69) is 182 Å². The zero-order chi connectivity index (χ0) is 55.6. The predicted molar refractivity (Wildman–Crippen MR) is 326 cm³/mol. The van der Waals surface area contributed by atoms with Crippen molar-refractivity contribution in [3.63, 3.8) is 0 Å². The highest BCUT2D eigenvalue weighted by Gasteiger charge is 2.52. The van der Waals surface area contributed by atoms with Gasteiger partial charge in [-0.15, -0.1) is 0 Å². The van der Waals surface area contributed by atoms with Crippen LogP contribution in [0.15, 0.2) is 164 Å².